The van der Waals surface area contributed by atoms with Crippen LogP contribution >= 0.6 is 11.3 Å². The predicted molar refractivity (Wildman–Crippen MR) is 66.1 cm³/mol. The van der Waals surface area contributed by atoms with Gasteiger partial charge in [-0.05, 0) is 43.3 Å². The molecule has 1 aliphatic rings. The quantitative estimate of drug-likeness (QED) is 0.854. The van der Waals surface area contributed by atoms with Gasteiger partial charge >= 0.3 is 0 Å². The maximum Gasteiger partial charge on any atom is 0.0519 e. The number of rotatable bonds is 3. The van der Waals surface area contributed by atoms with E-state index in [0.717, 1.165) is 12.5 Å². The van der Waals surface area contributed by atoms with Crippen LogP contribution in [0.4, 0.5) is 0 Å². The molecule has 1 aliphatic heterocycles. The van der Waals surface area contributed by atoms with Gasteiger partial charge in [0.25, 0.3) is 0 Å². The van der Waals surface area contributed by atoms with E-state index in [2.05, 4.69) is 29.3 Å². The van der Waals surface area contributed by atoms with E-state index in [4.69, 9.17) is 5.73 Å². The Morgan fingerprint density at radius 1 is 1.53 bits per heavy atom. The molecule has 1 unspecified atom stereocenters. The Kier molecular flexibility index (Phi) is 3.78. The Hall–Kier alpha value is -0.380. The van der Waals surface area contributed by atoms with Gasteiger partial charge in [-0.3, -0.25) is 0 Å². The first kappa shape index (κ1) is 11.1. The average Bonchev–Trinajstić information content (AvgIpc) is 2.74. The molecule has 15 heavy (non-hydrogen) atoms. The lowest BCUT2D eigenvalue weighted by Crippen LogP contribution is -2.37. The van der Waals surface area contributed by atoms with Crippen LogP contribution in [0.15, 0.2) is 17.5 Å². The summed E-state index contributed by atoms with van der Waals surface area (Å²) < 4.78 is 0. The van der Waals surface area contributed by atoms with E-state index in [1.54, 1.807) is 11.3 Å². The Bertz CT molecular complexity index is 276. The summed E-state index contributed by atoms with van der Waals surface area (Å²) in [5.74, 6) is 0.902. The molecule has 1 saturated heterocycles. The fourth-order valence-electron chi connectivity index (χ4n) is 2.12. The van der Waals surface area contributed by atoms with Gasteiger partial charge in [0.1, 0.15) is 0 Å². The summed E-state index contributed by atoms with van der Waals surface area (Å²) in [6.07, 6.45) is 2.66. The van der Waals surface area contributed by atoms with Crippen LogP contribution in [0.5, 0.6) is 0 Å². The summed E-state index contributed by atoms with van der Waals surface area (Å²) >= 11 is 1.77. The molecular formula is C12H20N2S. The zero-order valence-electron chi connectivity index (χ0n) is 9.36. The van der Waals surface area contributed by atoms with Gasteiger partial charge < -0.3 is 10.6 Å². The van der Waals surface area contributed by atoms with Gasteiger partial charge in [0.2, 0.25) is 0 Å². The second kappa shape index (κ2) is 5.10. The molecule has 84 valence electrons. The molecule has 0 saturated carbocycles. The Morgan fingerprint density at radius 2 is 2.27 bits per heavy atom. The van der Waals surface area contributed by atoms with E-state index in [0.29, 0.717) is 0 Å². The minimum Gasteiger partial charge on any atom is -0.322 e. The van der Waals surface area contributed by atoms with E-state index in [-0.39, 0.29) is 6.04 Å². The third-order valence-electron chi connectivity index (χ3n) is 3.24. The summed E-state index contributed by atoms with van der Waals surface area (Å²) in [7, 11) is 0. The van der Waals surface area contributed by atoms with E-state index < -0.39 is 0 Å². The van der Waals surface area contributed by atoms with Crippen molar-refractivity contribution >= 4 is 11.3 Å². The lowest BCUT2D eigenvalue weighted by Gasteiger charge is -2.31. The molecule has 1 aromatic heterocycles. The average molecular weight is 224 g/mol. The van der Waals surface area contributed by atoms with Crippen molar-refractivity contribution < 1.29 is 0 Å². The lowest BCUT2D eigenvalue weighted by atomic mass is 9.99. The van der Waals surface area contributed by atoms with E-state index in [1.165, 1.54) is 30.8 Å². The summed E-state index contributed by atoms with van der Waals surface area (Å²) in [6.45, 7) is 5.81. The van der Waals surface area contributed by atoms with Crippen molar-refractivity contribution in [2.24, 2.45) is 11.7 Å². The molecule has 3 heteroatoms. The standard InChI is InChI=1S/C12H20N2S/c1-10-4-6-14(7-5-10)9-11(13)12-3-2-8-15-12/h2-3,8,10-11H,4-7,9,13H2,1H3. The van der Waals surface area contributed by atoms with Crippen molar-refractivity contribution in [3.63, 3.8) is 0 Å². The van der Waals surface area contributed by atoms with E-state index in [1.807, 2.05) is 0 Å². The highest BCUT2D eigenvalue weighted by atomic mass is 32.1. The number of nitrogens with two attached hydrogens (primary N) is 1. The third-order valence-corrected chi connectivity index (χ3v) is 4.24. The van der Waals surface area contributed by atoms with Crippen molar-refractivity contribution in [2.45, 2.75) is 25.8 Å². The van der Waals surface area contributed by atoms with Gasteiger partial charge in [0.05, 0.1) is 6.04 Å². The van der Waals surface area contributed by atoms with Crippen molar-refractivity contribution in [3.8, 4) is 0 Å². The third kappa shape index (κ3) is 3.03. The van der Waals surface area contributed by atoms with Crippen molar-refractivity contribution in [2.75, 3.05) is 19.6 Å². The van der Waals surface area contributed by atoms with Crippen LogP contribution < -0.4 is 5.73 Å². The number of hydrogen-bond acceptors (Lipinski definition) is 3. The topological polar surface area (TPSA) is 29.3 Å². The fourth-order valence-corrected chi connectivity index (χ4v) is 2.84. The summed E-state index contributed by atoms with van der Waals surface area (Å²) in [5.41, 5.74) is 6.17. The molecule has 0 aliphatic carbocycles. The second-order valence-electron chi connectivity index (χ2n) is 4.61. The van der Waals surface area contributed by atoms with Crippen molar-refractivity contribution in [1.82, 2.24) is 4.90 Å². The molecule has 1 fully saturated rings. The molecule has 0 bridgehead atoms. The van der Waals surface area contributed by atoms with Crippen LogP contribution in [-0.2, 0) is 0 Å². The van der Waals surface area contributed by atoms with E-state index in [9.17, 15) is 0 Å². The Morgan fingerprint density at radius 3 is 2.87 bits per heavy atom. The zero-order valence-corrected chi connectivity index (χ0v) is 10.2. The number of nitrogens with zero attached hydrogens (tertiary/aromatic N) is 1. The van der Waals surface area contributed by atoms with Gasteiger partial charge in [-0.25, -0.2) is 0 Å². The van der Waals surface area contributed by atoms with Crippen LogP contribution in [0.3, 0.4) is 0 Å². The normalized spacial score (nSPS) is 21.7. The first-order chi connectivity index (χ1) is 7.25. The molecule has 0 amide bonds. The molecule has 0 spiro atoms. The van der Waals surface area contributed by atoms with Crippen LogP contribution in [0.2, 0.25) is 0 Å². The zero-order chi connectivity index (χ0) is 10.7. The molecule has 2 heterocycles. The maximum atomic E-state index is 6.17. The molecular weight excluding hydrogens is 204 g/mol. The Balaban J connectivity index is 1.82. The summed E-state index contributed by atoms with van der Waals surface area (Å²) in [6, 6.07) is 4.43. The van der Waals surface area contributed by atoms with Crippen LogP contribution in [-0.4, -0.2) is 24.5 Å². The molecule has 2 nitrogen and oxygen atoms in total. The number of hydrogen-bond donors (Lipinski definition) is 1. The highest BCUT2D eigenvalue weighted by Crippen LogP contribution is 2.21. The summed E-state index contributed by atoms with van der Waals surface area (Å²) in [5, 5.41) is 2.10. The molecule has 2 rings (SSSR count). The van der Waals surface area contributed by atoms with Crippen LogP contribution in [0.25, 0.3) is 0 Å². The maximum absolute atomic E-state index is 6.17. The van der Waals surface area contributed by atoms with Gasteiger partial charge in [-0.15, -0.1) is 11.3 Å². The predicted octanol–water partition coefficient (Wildman–Crippen LogP) is 2.48. The minimum atomic E-state index is 0.207. The molecule has 1 atom stereocenters. The summed E-state index contributed by atoms with van der Waals surface area (Å²) in [4.78, 5) is 3.82. The molecule has 1 aromatic rings. The lowest BCUT2D eigenvalue weighted by molar-refractivity contribution is 0.183. The monoisotopic (exact) mass is 224 g/mol. The van der Waals surface area contributed by atoms with Crippen molar-refractivity contribution in [1.29, 1.82) is 0 Å². The molecule has 0 radical (unpaired) electrons. The van der Waals surface area contributed by atoms with E-state index >= 15 is 0 Å². The van der Waals surface area contributed by atoms with Gasteiger partial charge in [-0.2, -0.15) is 0 Å². The fraction of sp³-hybridized carbons (Fsp3) is 0.667. The SMILES string of the molecule is CC1CCN(CC(N)c2cccs2)CC1. The smallest absolute Gasteiger partial charge is 0.0519 e. The first-order valence-electron chi connectivity index (χ1n) is 5.77. The van der Waals surface area contributed by atoms with Crippen LogP contribution in [0.1, 0.15) is 30.7 Å². The van der Waals surface area contributed by atoms with Gasteiger partial charge in [0, 0.05) is 11.4 Å². The largest absolute Gasteiger partial charge is 0.322 e. The number of piperidine rings is 1. The van der Waals surface area contributed by atoms with Gasteiger partial charge in [0.15, 0.2) is 0 Å². The first-order valence-corrected chi connectivity index (χ1v) is 6.65. The molecule has 0 aromatic carbocycles. The van der Waals surface area contributed by atoms with Crippen LogP contribution in [0, 0.1) is 5.92 Å². The number of thiophene rings is 1. The van der Waals surface area contributed by atoms with Crippen molar-refractivity contribution in [3.05, 3.63) is 22.4 Å². The molecule has 2 N–H and O–H groups in total. The Labute approximate surface area is 96.1 Å². The van der Waals surface area contributed by atoms with Gasteiger partial charge in [-0.1, -0.05) is 13.0 Å². The highest BCUT2D eigenvalue weighted by molar-refractivity contribution is 7.10. The highest BCUT2D eigenvalue weighted by Gasteiger charge is 2.18. The minimum absolute atomic E-state index is 0.207. The number of likely N-dealkylation sites (tertiary alicyclic amines) is 1. The second-order valence-corrected chi connectivity index (χ2v) is 5.58.